The molecule has 102 valence electrons. The van der Waals surface area contributed by atoms with Crippen LogP contribution in [-0.4, -0.2) is 29.6 Å². The zero-order chi connectivity index (χ0) is 13.2. The Morgan fingerprint density at radius 1 is 1.50 bits per heavy atom. The van der Waals surface area contributed by atoms with Crippen LogP contribution in [0.25, 0.3) is 0 Å². The maximum absolute atomic E-state index is 3.73. The molecule has 1 aliphatic heterocycles. The average Bonchev–Trinajstić information content (AvgIpc) is 2.76. The van der Waals surface area contributed by atoms with Gasteiger partial charge in [0.15, 0.2) is 0 Å². The van der Waals surface area contributed by atoms with Crippen LogP contribution in [0, 0.1) is 6.92 Å². The quantitative estimate of drug-likeness (QED) is 0.898. The van der Waals surface area contributed by atoms with Crippen LogP contribution in [0.3, 0.4) is 0 Å². The second-order valence-corrected chi connectivity index (χ2v) is 6.79. The van der Waals surface area contributed by atoms with Gasteiger partial charge in [-0.1, -0.05) is 13.8 Å². The minimum atomic E-state index is 0.289. The highest BCUT2D eigenvalue weighted by molar-refractivity contribution is 7.10. The summed E-state index contributed by atoms with van der Waals surface area (Å²) in [5, 5.41) is 5.95. The summed E-state index contributed by atoms with van der Waals surface area (Å²) in [5.41, 5.74) is 1.74. The molecule has 1 aromatic heterocycles. The average molecular weight is 266 g/mol. The molecule has 2 unspecified atom stereocenters. The summed E-state index contributed by atoms with van der Waals surface area (Å²) in [4.78, 5) is 4.22. The van der Waals surface area contributed by atoms with Crippen molar-refractivity contribution in [2.75, 3.05) is 13.1 Å². The van der Waals surface area contributed by atoms with Gasteiger partial charge in [0.1, 0.15) is 0 Å². The molecule has 18 heavy (non-hydrogen) atoms. The van der Waals surface area contributed by atoms with Crippen molar-refractivity contribution in [1.29, 1.82) is 0 Å². The first-order chi connectivity index (χ1) is 8.58. The van der Waals surface area contributed by atoms with E-state index < -0.39 is 0 Å². The van der Waals surface area contributed by atoms with Gasteiger partial charge in [-0.05, 0) is 43.7 Å². The molecule has 0 amide bonds. The Morgan fingerprint density at radius 2 is 2.28 bits per heavy atom. The molecular weight excluding hydrogens is 240 g/mol. The van der Waals surface area contributed by atoms with E-state index in [4.69, 9.17) is 0 Å². The highest BCUT2D eigenvalue weighted by Crippen LogP contribution is 2.25. The van der Waals surface area contributed by atoms with E-state index in [2.05, 4.69) is 49.4 Å². The zero-order valence-corrected chi connectivity index (χ0v) is 12.9. The molecule has 0 bridgehead atoms. The van der Waals surface area contributed by atoms with E-state index >= 15 is 0 Å². The number of hydrogen-bond donors (Lipinski definition) is 1. The fourth-order valence-electron chi connectivity index (χ4n) is 2.70. The van der Waals surface area contributed by atoms with Crippen LogP contribution in [0.15, 0.2) is 11.4 Å². The maximum atomic E-state index is 3.73. The van der Waals surface area contributed by atoms with Crippen molar-refractivity contribution in [3.63, 3.8) is 0 Å². The molecule has 0 saturated carbocycles. The number of piperazine rings is 1. The van der Waals surface area contributed by atoms with Gasteiger partial charge in [-0.3, -0.25) is 4.90 Å². The number of nitrogens with zero attached hydrogens (tertiary/aromatic N) is 1. The van der Waals surface area contributed by atoms with Crippen LogP contribution in [-0.2, 0) is 6.54 Å². The SMILES string of the molecule is CCC1CNC(C)(CC)CN1Cc1sccc1C. The Balaban J connectivity index is 2.09. The molecule has 0 aliphatic carbocycles. The summed E-state index contributed by atoms with van der Waals surface area (Å²) in [7, 11) is 0. The van der Waals surface area contributed by atoms with Gasteiger partial charge >= 0.3 is 0 Å². The first-order valence-corrected chi connectivity index (χ1v) is 7.98. The lowest BCUT2D eigenvalue weighted by molar-refractivity contribution is 0.0762. The van der Waals surface area contributed by atoms with Gasteiger partial charge in [0.05, 0.1) is 0 Å². The van der Waals surface area contributed by atoms with Gasteiger partial charge in [-0.15, -0.1) is 11.3 Å². The second kappa shape index (κ2) is 5.72. The van der Waals surface area contributed by atoms with E-state index in [-0.39, 0.29) is 5.54 Å². The molecule has 2 nitrogen and oxygen atoms in total. The van der Waals surface area contributed by atoms with Crippen molar-refractivity contribution in [2.24, 2.45) is 0 Å². The summed E-state index contributed by atoms with van der Waals surface area (Å²) in [5.74, 6) is 0. The third-order valence-electron chi connectivity index (χ3n) is 4.40. The van der Waals surface area contributed by atoms with E-state index in [0.717, 1.165) is 13.1 Å². The first kappa shape index (κ1) is 14.0. The van der Waals surface area contributed by atoms with Crippen molar-refractivity contribution in [1.82, 2.24) is 10.2 Å². The third-order valence-corrected chi connectivity index (χ3v) is 5.41. The normalized spacial score (nSPS) is 29.7. The lowest BCUT2D eigenvalue weighted by Gasteiger charge is -2.46. The van der Waals surface area contributed by atoms with Crippen LogP contribution in [0.2, 0.25) is 0 Å². The van der Waals surface area contributed by atoms with Crippen LogP contribution >= 0.6 is 11.3 Å². The van der Waals surface area contributed by atoms with E-state index in [1.54, 1.807) is 0 Å². The van der Waals surface area contributed by atoms with Crippen molar-refractivity contribution < 1.29 is 0 Å². The molecule has 1 N–H and O–H groups in total. The molecule has 1 saturated heterocycles. The molecule has 1 aromatic rings. The number of thiophene rings is 1. The number of nitrogens with one attached hydrogen (secondary N) is 1. The minimum Gasteiger partial charge on any atom is -0.309 e. The van der Waals surface area contributed by atoms with Gasteiger partial charge < -0.3 is 5.32 Å². The Bertz CT molecular complexity index is 388. The standard InChI is InChI=1S/C15H26N2S/c1-5-13-9-16-15(4,6-2)11-17(13)10-14-12(3)7-8-18-14/h7-8,13,16H,5-6,9-11H2,1-4H3. The lowest BCUT2D eigenvalue weighted by Crippen LogP contribution is -2.62. The van der Waals surface area contributed by atoms with Crippen LogP contribution in [0.1, 0.15) is 44.1 Å². The molecule has 2 rings (SSSR count). The van der Waals surface area contributed by atoms with E-state index in [9.17, 15) is 0 Å². The monoisotopic (exact) mass is 266 g/mol. The van der Waals surface area contributed by atoms with Crippen molar-refractivity contribution >= 4 is 11.3 Å². The summed E-state index contributed by atoms with van der Waals surface area (Å²) in [6, 6.07) is 2.92. The molecule has 3 heteroatoms. The molecular formula is C15H26N2S. The van der Waals surface area contributed by atoms with Crippen LogP contribution in [0.5, 0.6) is 0 Å². The van der Waals surface area contributed by atoms with Gasteiger partial charge in [0.2, 0.25) is 0 Å². The van der Waals surface area contributed by atoms with Gasteiger partial charge in [-0.25, -0.2) is 0 Å². The highest BCUT2D eigenvalue weighted by atomic mass is 32.1. The predicted molar refractivity (Wildman–Crippen MR) is 80.2 cm³/mol. The molecule has 0 aromatic carbocycles. The van der Waals surface area contributed by atoms with E-state index in [0.29, 0.717) is 6.04 Å². The Kier molecular flexibility index (Phi) is 4.46. The van der Waals surface area contributed by atoms with Gasteiger partial charge in [0.25, 0.3) is 0 Å². The molecule has 0 radical (unpaired) electrons. The minimum absolute atomic E-state index is 0.289. The summed E-state index contributed by atoms with van der Waals surface area (Å²) in [6.07, 6.45) is 2.43. The molecule has 1 aliphatic rings. The molecule has 0 spiro atoms. The molecule has 2 heterocycles. The Hall–Kier alpha value is -0.380. The van der Waals surface area contributed by atoms with E-state index in [1.807, 2.05) is 11.3 Å². The summed E-state index contributed by atoms with van der Waals surface area (Å²) < 4.78 is 0. The van der Waals surface area contributed by atoms with Crippen LogP contribution < -0.4 is 5.32 Å². The Labute approximate surface area is 115 Å². The third kappa shape index (κ3) is 2.95. The Morgan fingerprint density at radius 3 is 2.83 bits per heavy atom. The van der Waals surface area contributed by atoms with Crippen molar-refractivity contribution in [2.45, 2.75) is 58.7 Å². The number of aryl methyl sites for hydroxylation is 1. The molecule has 2 atom stereocenters. The summed E-state index contributed by atoms with van der Waals surface area (Å²) in [6.45, 7) is 12.6. The number of hydrogen-bond acceptors (Lipinski definition) is 3. The second-order valence-electron chi connectivity index (χ2n) is 5.79. The first-order valence-electron chi connectivity index (χ1n) is 7.10. The van der Waals surface area contributed by atoms with Crippen molar-refractivity contribution in [3.05, 3.63) is 21.9 Å². The molecule has 1 fully saturated rings. The maximum Gasteiger partial charge on any atom is 0.0334 e. The zero-order valence-electron chi connectivity index (χ0n) is 12.1. The highest BCUT2D eigenvalue weighted by Gasteiger charge is 2.33. The van der Waals surface area contributed by atoms with Crippen LogP contribution in [0.4, 0.5) is 0 Å². The van der Waals surface area contributed by atoms with E-state index in [1.165, 1.54) is 29.8 Å². The van der Waals surface area contributed by atoms with Crippen molar-refractivity contribution in [3.8, 4) is 0 Å². The fraction of sp³-hybridized carbons (Fsp3) is 0.733. The number of rotatable bonds is 4. The lowest BCUT2D eigenvalue weighted by atomic mass is 9.92. The summed E-state index contributed by atoms with van der Waals surface area (Å²) >= 11 is 1.90. The fourth-order valence-corrected chi connectivity index (χ4v) is 3.63. The smallest absolute Gasteiger partial charge is 0.0334 e. The largest absolute Gasteiger partial charge is 0.309 e. The van der Waals surface area contributed by atoms with Gasteiger partial charge in [0, 0.05) is 36.1 Å². The predicted octanol–water partition coefficient (Wildman–Crippen LogP) is 3.41. The van der Waals surface area contributed by atoms with Gasteiger partial charge in [-0.2, -0.15) is 0 Å². The topological polar surface area (TPSA) is 15.3 Å².